The summed E-state index contributed by atoms with van der Waals surface area (Å²) in [6.07, 6.45) is 0. The van der Waals surface area contributed by atoms with Gasteiger partial charge in [0, 0.05) is 43.7 Å². The van der Waals surface area contributed by atoms with Gasteiger partial charge >= 0.3 is 0 Å². The second-order valence-corrected chi connectivity index (χ2v) is 6.00. The second-order valence-electron chi connectivity index (χ2n) is 5.22. The number of rotatable bonds is 4. The van der Waals surface area contributed by atoms with Crippen molar-refractivity contribution >= 4 is 35.3 Å². The average Bonchev–Trinajstić information content (AvgIpc) is 3.08. The zero-order valence-corrected chi connectivity index (χ0v) is 14.2. The maximum absolute atomic E-state index is 14.3. The highest BCUT2D eigenvalue weighted by Gasteiger charge is 2.15. The molecule has 1 saturated heterocycles. The second kappa shape index (κ2) is 8.29. The SMILES string of the molecule is Cl.O=C(NCc1ccc(N2CCNCC2)c(F)c1)c1ccsc1. The normalized spacial score (nSPS) is 14.2. The molecular formula is C16H19ClFN3OS. The fourth-order valence-corrected chi connectivity index (χ4v) is 3.14. The largest absolute Gasteiger partial charge is 0.367 e. The molecule has 1 aromatic carbocycles. The number of anilines is 1. The Hall–Kier alpha value is -1.63. The van der Waals surface area contributed by atoms with Gasteiger partial charge in [-0.05, 0) is 29.1 Å². The molecule has 4 nitrogen and oxygen atoms in total. The number of halogens is 2. The van der Waals surface area contributed by atoms with Crippen LogP contribution in [0, 0.1) is 5.82 Å². The Balaban J connectivity index is 0.00000192. The Morgan fingerprint density at radius 2 is 2.09 bits per heavy atom. The number of benzene rings is 1. The molecule has 1 amide bonds. The maximum atomic E-state index is 14.3. The molecule has 23 heavy (non-hydrogen) atoms. The van der Waals surface area contributed by atoms with Crippen LogP contribution in [0.2, 0.25) is 0 Å². The van der Waals surface area contributed by atoms with Gasteiger partial charge in [-0.25, -0.2) is 4.39 Å². The lowest BCUT2D eigenvalue weighted by Gasteiger charge is -2.29. The van der Waals surface area contributed by atoms with Gasteiger partial charge in [0.05, 0.1) is 5.69 Å². The maximum Gasteiger partial charge on any atom is 0.252 e. The standard InChI is InChI=1S/C16H18FN3OS.ClH/c17-14-9-12(10-19-16(21)13-3-8-22-11-13)1-2-15(14)20-6-4-18-5-7-20;/h1-3,8-9,11,18H,4-7,10H2,(H,19,21);1H. The van der Waals surface area contributed by atoms with Gasteiger partial charge in [0.1, 0.15) is 5.82 Å². The number of nitrogens with one attached hydrogen (secondary N) is 2. The first-order valence-corrected chi connectivity index (χ1v) is 8.23. The third-order valence-corrected chi connectivity index (χ3v) is 4.39. The summed E-state index contributed by atoms with van der Waals surface area (Å²) in [5, 5.41) is 9.71. The van der Waals surface area contributed by atoms with Crippen LogP contribution < -0.4 is 15.5 Å². The van der Waals surface area contributed by atoms with Crippen LogP contribution in [0.15, 0.2) is 35.0 Å². The molecule has 0 spiro atoms. The Morgan fingerprint density at radius 3 is 2.74 bits per heavy atom. The van der Waals surface area contributed by atoms with Crippen molar-refractivity contribution in [2.75, 3.05) is 31.1 Å². The van der Waals surface area contributed by atoms with E-state index in [0.717, 1.165) is 31.7 Å². The quantitative estimate of drug-likeness (QED) is 0.886. The summed E-state index contributed by atoms with van der Waals surface area (Å²) in [5.41, 5.74) is 2.04. The number of nitrogens with zero attached hydrogens (tertiary/aromatic N) is 1. The predicted octanol–water partition coefficient (Wildman–Crippen LogP) is 2.65. The zero-order valence-electron chi connectivity index (χ0n) is 12.5. The van der Waals surface area contributed by atoms with Gasteiger partial charge in [0.25, 0.3) is 5.91 Å². The van der Waals surface area contributed by atoms with E-state index in [2.05, 4.69) is 10.6 Å². The van der Waals surface area contributed by atoms with Crippen molar-refractivity contribution in [2.24, 2.45) is 0 Å². The molecule has 1 aromatic heterocycles. The average molecular weight is 356 g/mol. The molecule has 2 heterocycles. The topological polar surface area (TPSA) is 44.4 Å². The monoisotopic (exact) mass is 355 g/mol. The van der Waals surface area contributed by atoms with Gasteiger partial charge in [0.2, 0.25) is 0 Å². The fourth-order valence-electron chi connectivity index (χ4n) is 2.50. The van der Waals surface area contributed by atoms with Crippen LogP contribution in [0.4, 0.5) is 10.1 Å². The van der Waals surface area contributed by atoms with E-state index in [1.54, 1.807) is 17.5 Å². The highest BCUT2D eigenvalue weighted by molar-refractivity contribution is 7.08. The summed E-state index contributed by atoms with van der Waals surface area (Å²) in [4.78, 5) is 13.9. The number of thiophene rings is 1. The first-order valence-electron chi connectivity index (χ1n) is 7.28. The van der Waals surface area contributed by atoms with E-state index in [4.69, 9.17) is 0 Å². The molecule has 0 aliphatic carbocycles. The fraction of sp³-hybridized carbons (Fsp3) is 0.312. The van der Waals surface area contributed by atoms with Crippen LogP contribution >= 0.6 is 23.7 Å². The molecule has 7 heteroatoms. The van der Waals surface area contributed by atoms with Crippen LogP contribution in [0.3, 0.4) is 0 Å². The van der Waals surface area contributed by atoms with E-state index in [9.17, 15) is 9.18 Å². The minimum Gasteiger partial charge on any atom is -0.367 e. The molecule has 0 radical (unpaired) electrons. The van der Waals surface area contributed by atoms with E-state index in [1.165, 1.54) is 17.4 Å². The smallest absolute Gasteiger partial charge is 0.252 e. The number of carbonyl (C=O) groups excluding carboxylic acids is 1. The molecule has 2 aromatic rings. The number of hydrogen-bond acceptors (Lipinski definition) is 4. The summed E-state index contributed by atoms with van der Waals surface area (Å²) < 4.78 is 14.3. The third-order valence-electron chi connectivity index (χ3n) is 3.71. The molecule has 2 N–H and O–H groups in total. The number of piperazine rings is 1. The van der Waals surface area contributed by atoms with E-state index in [-0.39, 0.29) is 24.1 Å². The summed E-state index contributed by atoms with van der Waals surface area (Å²) in [6.45, 7) is 3.69. The van der Waals surface area contributed by atoms with Gasteiger partial charge in [-0.3, -0.25) is 4.79 Å². The lowest BCUT2D eigenvalue weighted by atomic mass is 10.1. The van der Waals surface area contributed by atoms with Crippen molar-refractivity contribution in [3.05, 3.63) is 52.0 Å². The van der Waals surface area contributed by atoms with Crippen molar-refractivity contribution in [2.45, 2.75) is 6.54 Å². The van der Waals surface area contributed by atoms with Crippen LogP contribution in [0.5, 0.6) is 0 Å². The van der Waals surface area contributed by atoms with Gasteiger partial charge in [0.15, 0.2) is 0 Å². The highest BCUT2D eigenvalue weighted by Crippen LogP contribution is 2.21. The van der Waals surface area contributed by atoms with Gasteiger partial charge in [-0.15, -0.1) is 12.4 Å². The van der Waals surface area contributed by atoms with E-state index in [1.807, 2.05) is 16.3 Å². The van der Waals surface area contributed by atoms with Crippen molar-refractivity contribution in [1.82, 2.24) is 10.6 Å². The Bertz CT molecular complexity index is 645. The zero-order chi connectivity index (χ0) is 15.4. The van der Waals surface area contributed by atoms with Gasteiger partial charge < -0.3 is 15.5 Å². The van der Waals surface area contributed by atoms with Crippen molar-refractivity contribution in [3.8, 4) is 0 Å². The van der Waals surface area contributed by atoms with Crippen LogP contribution in [-0.2, 0) is 6.54 Å². The molecule has 0 atom stereocenters. The molecule has 3 rings (SSSR count). The molecule has 124 valence electrons. The lowest BCUT2D eigenvalue weighted by Crippen LogP contribution is -2.43. The first-order chi connectivity index (χ1) is 10.7. The number of amides is 1. The van der Waals surface area contributed by atoms with E-state index >= 15 is 0 Å². The van der Waals surface area contributed by atoms with Crippen LogP contribution in [-0.4, -0.2) is 32.1 Å². The van der Waals surface area contributed by atoms with Crippen LogP contribution in [0.25, 0.3) is 0 Å². The summed E-state index contributed by atoms with van der Waals surface area (Å²) in [6, 6.07) is 6.94. The summed E-state index contributed by atoms with van der Waals surface area (Å²) in [5.74, 6) is -0.364. The molecule has 0 bridgehead atoms. The molecule has 0 unspecified atom stereocenters. The molecule has 1 aliphatic heterocycles. The van der Waals surface area contributed by atoms with Crippen LogP contribution in [0.1, 0.15) is 15.9 Å². The highest BCUT2D eigenvalue weighted by atomic mass is 35.5. The minimum absolute atomic E-state index is 0. The van der Waals surface area contributed by atoms with E-state index < -0.39 is 0 Å². The van der Waals surface area contributed by atoms with Gasteiger partial charge in [-0.1, -0.05) is 6.07 Å². The van der Waals surface area contributed by atoms with Gasteiger partial charge in [-0.2, -0.15) is 11.3 Å². The number of hydrogen-bond donors (Lipinski definition) is 2. The lowest BCUT2D eigenvalue weighted by molar-refractivity contribution is 0.0951. The molecule has 1 aliphatic rings. The number of carbonyl (C=O) groups is 1. The Labute approximate surface area is 145 Å². The van der Waals surface area contributed by atoms with E-state index in [0.29, 0.717) is 17.8 Å². The minimum atomic E-state index is -0.232. The van der Waals surface area contributed by atoms with Crippen molar-refractivity contribution in [1.29, 1.82) is 0 Å². The Morgan fingerprint density at radius 1 is 1.30 bits per heavy atom. The summed E-state index contributed by atoms with van der Waals surface area (Å²) >= 11 is 1.48. The summed E-state index contributed by atoms with van der Waals surface area (Å²) in [7, 11) is 0. The predicted molar refractivity (Wildman–Crippen MR) is 94.2 cm³/mol. The first kappa shape index (κ1) is 17.7. The molecule has 0 saturated carbocycles. The molecule has 1 fully saturated rings. The van der Waals surface area contributed by atoms with Crippen molar-refractivity contribution in [3.63, 3.8) is 0 Å². The molecular weight excluding hydrogens is 337 g/mol. The van der Waals surface area contributed by atoms with Crippen molar-refractivity contribution < 1.29 is 9.18 Å². The Kier molecular flexibility index (Phi) is 6.38. The third kappa shape index (κ3) is 4.43.